The molecule has 0 aliphatic carbocycles. The van der Waals surface area contributed by atoms with Gasteiger partial charge in [-0.05, 0) is 35.9 Å². The van der Waals surface area contributed by atoms with E-state index in [1.807, 2.05) is 30.5 Å². The maximum absolute atomic E-state index is 12.1. The number of rotatable bonds is 6. The molecule has 0 saturated carbocycles. The van der Waals surface area contributed by atoms with Gasteiger partial charge in [-0.1, -0.05) is 34.1 Å². The van der Waals surface area contributed by atoms with Crippen LogP contribution in [0, 0.1) is 0 Å². The Hall–Kier alpha value is -2.60. The van der Waals surface area contributed by atoms with Crippen LogP contribution in [0.5, 0.6) is 0 Å². The second kappa shape index (κ2) is 7.53. The highest BCUT2D eigenvalue weighted by atomic mass is 79.9. The van der Waals surface area contributed by atoms with Gasteiger partial charge in [-0.15, -0.1) is 0 Å². The highest BCUT2D eigenvalue weighted by Crippen LogP contribution is 2.24. The smallest absolute Gasteiger partial charge is 0.335 e. The minimum atomic E-state index is -0.957. The molecule has 6 heteroatoms. The maximum atomic E-state index is 12.1. The number of carboxylic acids is 1. The van der Waals surface area contributed by atoms with E-state index in [0.29, 0.717) is 19.5 Å². The van der Waals surface area contributed by atoms with E-state index in [2.05, 4.69) is 25.8 Å². The number of amides is 1. The second-order valence-corrected chi connectivity index (χ2v) is 6.56. The van der Waals surface area contributed by atoms with Gasteiger partial charge in [-0.3, -0.25) is 4.79 Å². The normalized spacial score (nSPS) is 10.8. The number of nitrogens with zero attached hydrogens (tertiary/aromatic N) is 1. The van der Waals surface area contributed by atoms with Crippen LogP contribution in [0.1, 0.15) is 22.3 Å². The average molecular weight is 401 g/mol. The lowest BCUT2D eigenvalue weighted by Gasteiger charge is -2.08. The van der Waals surface area contributed by atoms with Crippen LogP contribution < -0.4 is 5.32 Å². The Morgan fingerprint density at radius 3 is 2.56 bits per heavy atom. The Morgan fingerprint density at radius 1 is 1.08 bits per heavy atom. The lowest BCUT2D eigenvalue weighted by molar-refractivity contribution is -0.121. The van der Waals surface area contributed by atoms with Crippen LogP contribution in [0.25, 0.3) is 10.9 Å². The summed E-state index contributed by atoms with van der Waals surface area (Å²) >= 11 is 3.53. The van der Waals surface area contributed by atoms with E-state index in [0.717, 1.165) is 20.9 Å². The first-order chi connectivity index (χ1) is 12.0. The zero-order valence-electron chi connectivity index (χ0n) is 13.4. The van der Waals surface area contributed by atoms with Crippen molar-refractivity contribution in [2.45, 2.75) is 19.5 Å². The van der Waals surface area contributed by atoms with Crippen LogP contribution >= 0.6 is 15.9 Å². The van der Waals surface area contributed by atoms with Gasteiger partial charge in [0.25, 0.3) is 0 Å². The molecule has 0 saturated heterocycles. The van der Waals surface area contributed by atoms with E-state index in [1.54, 1.807) is 12.1 Å². The third kappa shape index (κ3) is 4.09. The van der Waals surface area contributed by atoms with Crippen molar-refractivity contribution in [3.63, 3.8) is 0 Å². The molecule has 2 N–H and O–H groups in total. The van der Waals surface area contributed by atoms with Gasteiger partial charge in [0.1, 0.15) is 0 Å². The molecule has 0 radical (unpaired) electrons. The number of aryl methyl sites for hydroxylation is 1. The number of hydrogen-bond donors (Lipinski definition) is 2. The standard InChI is InChI=1S/C19H17BrN2O3/c20-16-2-1-3-17-15(16)8-10-22(17)11-9-18(23)21-12-13-4-6-14(7-5-13)19(24)25/h1-8,10H,9,11-12H2,(H,21,23)(H,24,25). The third-order valence-electron chi connectivity index (χ3n) is 4.03. The van der Waals surface area contributed by atoms with Gasteiger partial charge in [0, 0.05) is 41.1 Å². The quantitative estimate of drug-likeness (QED) is 0.660. The molecule has 5 nitrogen and oxygen atoms in total. The Balaban J connectivity index is 1.54. The number of nitrogens with one attached hydrogen (secondary N) is 1. The molecule has 0 atom stereocenters. The third-order valence-corrected chi connectivity index (χ3v) is 4.72. The van der Waals surface area contributed by atoms with Crippen molar-refractivity contribution >= 4 is 38.7 Å². The lowest BCUT2D eigenvalue weighted by atomic mass is 10.1. The van der Waals surface area contributed by atoms with Crippen LogP contribution in [-0.4, -0.2) is 21.6 Å². The fraction of sp³-hybridized carbons (Fsp3) is 0.158. The average Bonchev–Trinajstić information content (AvgIpc) is 3.03. The summed E-state index contributed by atoms with van der Waals surface area (Å²) < 4.78 is 3.10. The topological polar surface area (TPSA) is 71.3 Å². The van der Waals surface area contributed by atoms with E-state index in [-0.39, 0.29) is 11.5 Å². The highest BCUT2D eigenvalue weighted by molar-refractivity contribution is 9.10. The van der Waals surface area contributed by atoms with Crippen LogP contribution in [0.3, 0.4) is 0 Å². The van der Waals surface area contributed by atoms with Crippen LogP contribution in [0.2, 0.25) is 0 Å². The zero-order valence-corrected chi connectivity index (χ0v) is 15.0. The molecule has 0 fully saturated rings. The Bertz CT molecular complexity index is 916. The molecule has 2 aromatic carbocycles. The molecule has 0 bridgehead atoms. The van der Waals surface area contributed by atoms with E-state index in [1.165, 1.54) is 12.1 Å². The molecular formula is C19H17BrN2O3. The van der Waals surface area contributed by atoms with E-state index in [4.69, 9.17) is 5.11 Å². The fourth-order valence-electron chi connectivity index (χ4n) is 2.66. The van der Waals surface area contributed by atoms with Crippen molar-refractivity contribution in [3.05, 3.63) is 70.3 Å². The molecule has 1 amide bonds. The summed E-state index contributed by atoms with van der Waals surface area (Å²) in [4.78, 5) is 22.9. The maximum Gasteiger partial charge on any atom is 0.335 e. The van der Waals surface area contributed by atoms with Gasteiger partial charge in [0.05, 0.1) is 5.56 Å². The molecular weight excluding hydrogens is 384 g/mol. The van der Waals surface area contributed by atoms with Crippen molar-refractivity contribution in [2.24, 2.45) is 0 Å². The summed E-state index contributed by atoms with van der Waals surface area (Å²) in [6.07, 6.45) is 2.36. The molecule has 0 aliphatic heterocycles. The van der Waals surface area contributed by atoms with Crippen LogP contribution in [0.15, 0.2) is 59.2 Å². The SMILES string of the molecule is O=C(CCn1ccc2c(Br)cccc21)NCc1ccc(C(=O)O)cc1. The summed E-state index contributed by atoms with van der Waals surface area (Å²) in [5, 5.41) is 12.9. The predicted octanol–water partition coefficient (Wildman–Crippen LogP) is 3.81. The minimum Gasteiger partial charge on any atom is -0.478 e. The first kappa shape index (κ1) is 17.2. The number of benzene rings is 2. The fourth-order valence-corrected chi connectivity index (χ4v) is 3.14. The van der Waals surface area contributed by atoms with Crippen LogP contribution in [-0.2, 0) is 17.9 Å². The largest absolute Gasteiger partial charge is 0.478 e. The number of carboxylic acid groups (broad SMARTS) is 1. The first-order valence-electron chi connectivity index (χ1n) is 7.87. The molecule has 1 heterocycles. The monoisotopic (exact) mass is 400 g/mol. The van der Waals surface area contributed by atoms with Crippen molar-refractivity contribution < 1.29 is 14.7 Å². The predicted molar refractivity (Wildman–Crippen MR) is 99.5 cm³/mol. The van der Waals surface area contributed by atoms with Crippen molar-refractivity contribution in [2.75, 3.05) is 0 Å². The highest BCUT2D eigenvalue weighted by Gasteiger charge is 2.07. The number of halogens is 1. The van der Waals surface area contributed by atoms with Crippen molar-refractivity contribution in [1.29, 1.82) is 0 Å². The Morgan fingerprint density at radius 2 is 1.84 bits per heavy atom. The molecule has 25 heavy (non-hydrogen) atoms. The lowest BCUT2D eigenvalue weighted by Crippen LogP contribution is -2.23. The van der Waals surface area contributed by atoms with Crippen molar-refractivity contribution in [3.8, 4) is 0 Å². The second-order valence-electron chi connectivity index (χ2n) is 5.71. The Kier molecular flexibility index (Phi) is 5.19. The zero-order chi connectivity index (χ0) is 17.8. The Labute approximate surface area is 153 Å². The van der Waals surface area contributed by atoms with E-state index >= 15 is 0 Å². The molecule has 1 aromatic heterocycles. The number of aromatic nitrogens is 1. The van der Waals surface area contributed by atoms with Gasteiger partial charge < -0.3 is 15.0 Å². The number of carbonyl (C=O) groups excluding carboxylic acids is 1. The molecule has 128 valence electrons. The number of fused-ring (bicyclic) bond motifs is 1. The van der Waals surface area contributed by atoms with Crippen molar-refractivity contribution in [1.82, 2.24) is 9.88 Å². The minimum absolute atomic E-state index is 0.0424. The molecule has 0 spiro atoms. The summed E-state index contributed by atoms with van der Waals surface area (Å²) in [5.41, 5.74) is 2.20. The number of hydrogen-bond acceptors (Lipinski definition) is 2. The molecule has 0 aliphatic rings. The van der Waals surface area contributed by atoms with Gasteiger partial charge in [0.15, 0.2) is 0 Å². The summed E-state index contributed by atoms with van der Waals surface area (Å²) in [6.45, 7) is 0.987. The first-order valence-corrected chi connectivity index (χ1v) is 8.66. The molecule has 3 aromatic rings. The summed E-state index contributed by atoms with van der Waals surface area (Å²) in [7, 11) is 0. The van der Waals surface area contributed by atoms with E-state index in [9.17, 15) is 9.59 Å². The summed E-state index contributed by atoms with van der Waals surface area (Å²) in [5.74, 6) is -1.000. The number of aromatic carboxylic acids is 1. The van der Waals surface area contributed by atoms with E-state index < -0.39 is 5.97 Å². The van der Waals surface area contributed by atoms with Gasteiger partial charge in [-0.25, -0.2) is 4.79 Å². The van der Waals surface area contributed by atoms with Crippen LogP contribution in [0.4, 0.5) is 0 Å². The van der Waals surface area contributed by atoms with Gasteiger partial charge in [-0.2, -0.15) is 0 Å². The van der Waals surface area contributed by atoms with Gasteiger partial charge >= 0.3 is 5.97 Å². The molecule has 0 unspecified atom stereocenters. The van der Waals surface area contributed by atoms with Gasteiger partial charge in [0.2, 0.25) is 5.91 Å². The summed E-state index contributed by atoms with van der Waals surface area (Å²) in [6, 6.07) is 14.5. The molecule has 3 rings (SSSR count). The number of carbonyl (C=O) groups is 2.